The molecule has 0 fully saturated rings. The van der Waals surface area contributed by atoms with Gasteiger partial charge in [0.25, 0.3) is 0 Å². The molecule has 114 valence electrons. The molecular formula is C11H10N2Na2O6S2. The molecule has 2 aromatic rings. The first kappa shape index (κ1) is 23.3. The Morgan fingerprint density at radius 1 is 0.957 bits per heavy atom. The minimum absolute atomic E-state index is 0. The molecule has 8 nitrogen and oxygen atoms in total. The van der Waals surface area contributed by atoms with Gasteiger partial charge in [0.1, 0.15) is 20.2 Å². The van der Waals surface area contributed by atoms with Crippen LogP contribution in [0.1, 0.15) is 5.56 Å². The zero-order valence-electron chi connectivity index (χ0n) is 12.7. The van der Waals surface area contributed by atoms with Gasteiger partial charge in [0.15, 0.2) is 0 Å². The quantitative estimate of drug-likeness (QED) is 0.233. The molecule has 12 heteroatoms. The van der Waals surface area contributed by atoms with Gasteiger partial charge in [0.2, 0.25) is 0 Å². The van der Waals surface area contributed by atoms with E-state index in [9.17, 15) is 25.9 Å². The average molecular weight is 376 g/mol. The van der Waals surface area contributed by atoms with E-state index < -0.39 is 30.0 Å². The Morgan fingerprint density at radius 3 is 1.96 bits per heavy atom. The number of fused-ring (bicyclic) bond motifs is 1. The molecule has 0 spiro atoms. The van der Waals surface area contributed by atoms with E-state index in [0.717, 1.165) is 18.2 Å². The molecule has 0 amide bonds. The largest absolute Gasteiger partial charge is 1.00 e. The van der Waals surface area contributed by atoms with E-state index in [1.54, 1.807) is 6.92 Å². The Balaban J connectivity index is 0.00000242. The molecule has 0 saturated heterocycles. The zero-order chi connectivity index (χ0) is 16.0. The number of hydrogen-bond donors (Lipinski definition) is 2. The normalized spacial score (nSPS) is 11.5. The Hall–Kier alpha value is 0.280. The summed E-state index contributed by atoms with van der Waals surface area (Å²) >= 11 is 0. The summed E-state index contributed by atoms with van der Waals surface area (Å²) in [4.78, 5) is -1.13. The molecule has 3 N–H and O–H groups in total. The molecule has 0 aliphatic rings. The van der Waals surface area contributed by atoms with Gasteiger partial charge >= 0.3 is 59.1 Å². The van der Waals surface area contributed by atoms with Crippen molar-refractivity contribution < 1.29 is 85.1 Å². The van der Waals surface area contributed by atoms with Crippen molar-refractivity contribution in [2.24, 2.45) is 5.84 Å². The van der Waals surface area contributed by atoms with Crippen molar-refractivity contribution >= 4 is 36.7 Å². The summed E-state index contributed by atoms with van der Waals surface area (Å²) in [5.41, 5.74) is 2.42. The number of anilines is 1. The summed E-state index contributed by atoms with van der Waals surface area (Å²) in [5, 5.41) is 0.598. The standard InChI is InChI=1S/C11H12N2O6S2.2Na/c1-6-2-8(20(14,15)16)3-7-4-11(21(17,18)19)10(13-12)5-9(6)7;;/h2-5,13H,12H2,1H3,(H,14,15,16)(H,17,18,19);;/q;2*+1/p-2. The van der Waals surface area contributed by atoms with Gasteiger partial charge in [-0.25, -0.2) is 16.8 Å². The fourth-order valence-corrected chi connectivity index (χ4v) is 3.26. The Bertz CT molecular complexity index is 945. The fraction of sp³-hybridized carbons (Fsp3) is 0.0909. The molecule has 0 aliphatic heterocycles. The molecule has 0 heterocycles. The predicted octanol–water partition coefficient (Wildman–Crippen LogP) is -5.75. The zero-order valence-corrected chi connectivity index (χ0v) is 18.3. The van der Waals surface area contributed by atoms with Crippen LogP contribution in [0.3, 0.4) is 0 Å². The van der Waals surface area contributed by atoms with Crippen molar-refractivity contribution in [1.82, 2.24) is 0 Å². The molecule has 0 aliphatic carbocycles. The van der Waals surface area contributed by atoms with Crippen LogP contribution < -0.4 is 70.4 Å². The molecule has 2 aromatic carbocycles. The topological polar surface area (TPSA) is 152 Å². The second-order valence-corrected chi connectivity index (χ2v) is 7.09. The maximum absolute atomic E-state index is 11.2. The Morgan fingerprint density at radius 2 is 1.52 bits per heavy atom. The van der Waals surface area contributed by atoms with E-state index in [-0.39, 0.29) is 70.2 Å². The summed E-state index contributed by atoms with van der Waals surface area (Å²) in [7, 11) is -9.52. The van der Waals surface area contributed by atoms with Crippen molar-refractivity contribution in [2.45, 2.75) is 16.7 Å². The van der Waals surface area contributed by atoms with Crippen molar-refractivity contribution in [1.29, 1.82) is 0 Å². The number of rotatable bonds is 3. The Labute approximate surface area is 177 Å². The van der Waals surface area contributed by atoms with E-state index in [4.69, 9.17) is 5.84 Å². The first-order valence-corrected chi connectivity index (χ1v) is 8.32. The fourth-order valence-electron chi connectivity index (χ4n) is 2.01. The van der Waals surface area contributed by atoms with Crippen LogP contribution in [0.15, 0.2) is 34.1 Å². The van der Waals surface area contributed by atoms with Gasteiger partial charge < -0.3 is 14.5 Å². The van der Waals surface area contributed by atoms with Gasteiger partial charge in [-0.05, 0) is 47.5 Å². The van der Waals surface area contributed by atoms with E-state index in [2.05, 4.69) is 5.43 Å². The van der Waals surface area contributed by atoms with Crippen LogP contribution in [-0.2, 0) is 20.2 Å². The van der Waals surface area contributed by atoms with E-state index in [0.29, 0.717) is 10.9 Å². The van der Waals surface area contributed by atoms with Crippen LogP contribution in [0.25, 0.3) is 10.8 Å². The van der Waals surface area contributed by atoms with Gasteiger partial charge in [0.05, 0.1) is 15.5 Å². The SMILES string of the molecule is Cc1cc(S(=O)(=O)[O-])cc2cc(S(=O)(=O)[O-])c(NN)cc12.[Na+].[Na+]. The van der Waals surface area contributed by atoms with Crippen LogP contribution in [0, 0.1) is 6.92 Å². The molecule has 2 rings (SSSR count). The second kappa shape index (κ2) is 8.11. The predicted molar refractivity (Wildman–Crippen MR) is 72.4 cm³/mol. The smallest absolute Gasteiger partial charge is 0.744 e. The van der Waals surface area contributed by atoms with Crippen molar-refractivity contribution in [2.75, 3.05) is 5.43 Å². The summed E-state index contributed by atoms with van der Waals surface area (Å²) in [6.07, 6.45) is 0. The van der Waals surface area contributed by atoms with Crippen molar-refractivity contribution in [3.05, 3.63) is 29.8 Å². The number of nitrogens with two attached hydrogens (primary N) is 1. The summed E-state index contributed by atoms with van der Waals surface area (Å²) in [6, 6.07) is 4.46. The minimum Gasteiger partial charge on any atom is -0.744 e. The van der Waals surface area contributed by atoms with Crippen LogP contribution in [0.5, 0.6) is 0 Å². The third kappa shape index (κ3) is 5.13. The molecule has 0 bridgehead atoms. The number of nitrogens with one attached hydrogen (secondary N) is 1. The number of hydrogen-bond acceptors (Lipinski definition) is 8. The van der Waals surface area contributed by atoms with Gasteiger partial charge in [-0.1, -0.05) is 0 Å². The molecule has 23 heavy (non-hydrogen) atoms. The molecule has 0 aromatic heterocycles. The molecule has 0 unspecified atom stereocenters. The van der Waals surface area contributed by atoms with Crippen LogP contribution in [0.2, 0.25) is 0 Å². The third-order valence-electron chi connectivity index (χ3n) is 2.95. The van der Waals surface area contributed by atoms with Gasteiger partial charge in [-0.3, -0.25) is 5.84 Å². The summed E-state index contributed by atoms with van der Waals surface area (Å²) in [6.45, 7) is 1.54. The number of nitrogen functional groups attached to an aromatic ring is 1. The van der Waals surface area contributed by atoms with Crippen molar-refractivity contribution in [3.63, 3.8) is 0 Å². The third-order valence-corrected chi connectivity index (χ3v) is 4.64. The maximum Gasteiger partial charge on any atom is 1.00 e. The monoisotopic (exact) mass is 376 g/mol. The molecule has 0 radical (unpaired) electrons. The van der Waals surface area contributed by atoms with Crippen LogP contribution in [0.4, 0.5) is 5.69 Å². The van der Waals surface area contributed by atoms with Gasteiger partial charge in [-0.2, -0.15) is 0 Å². The minimum atomic E-state index is -4.82. The van der Waals surface area contributed by atoms with Crippen LogP contribution >= 0.6 is 0 Å². The van der Waals surface area contributed by atoms with Gasteiger partial charge in [-0.15, -0.1) is 0 Å². The first-order chi connectivity index (χ1) is 9.54. The second-order valence-electron chi connectivity index (χ2n) is 4.36. The number of benzene rings is 2. The maximum atomic E-state index is 11.2. The van der Waals surface area contributed by atoms with Gasteiger partial charge in [0, 0.05) is 0 Å². The van der Waals surface area contributed by atoms with E-state index in [1.165, 1.54) is 6.07 Å². The average Bonchev–Trinajstić information content (AvgIpc) is 2.35. The van der Waals surface area contributed by atoms with E-state index >= 15 is 0 Å². The van der Waals surface area contributed by atoms with Crippen molar-refractivity contribution in [3.8, 4) is 0 Å². The summed E-state index contributed by atoms with van der Waals surface area (Å²) < 4.78 is 66.8. The Kier molecular flexibility index (Phi) is 8.20. The van der Waals surface area contributed by atoms with E-state index in [1.807, 2.05) is 0 Å². The molecule has 0 saturated carbocycles. The molecule has 0 atom stereocenters. The number of aryl methyl sites for hydroxylation is 1. The molecular weight excluding hydrogens is 366 g/mol. The first-order valence-electron chi connectivity index (χ1n) is 5.51. The van der Waals surface area contributed by atoms with Crippen LogP contribution in [-0.4, -0.2) is 25.9 Å². The summed E-state index contributed by atoms with van der Waals surface area (Å²) in [5.74, 6) is 5.19. The number of hydrazine groups is 1.